The Morgan fingerprint density at radius 3 is 1.34 bits per heavy atom. The minimum Gasteiger partial charge on any atom is -0.496 e. The van der Waals surface area contributed by atoms with Crippen LogP contribution in [-0.4, -0.2) is 138 Å². The topological polar surface area (TPSA) is 298 Å². The summed E-state index contributed by atoms with van der Waals surface area (Å²) >= 11 is 3.36. The highest BCUT2D eigenvalue weighted by molar-refractivity contribution is 7.10. The molecular formula is C69H76F9N13O8S2. The van der Waals surface area contributed by atoms with Crippen LogP contribution >= 0.6 is 22.7 Å². The van der Waals surface area contributed by atoms with Crippen LogP contribution in [-0.2, 0) is 10.8 Å². The van der Waals surface area contributed by atoms with Crippen molar-refractivity contribution in [3.05, 3.63) is 195 Å². The number of carbonyl (C=O) groups excluding carboxylic acids is 2. The number of hydrogen-bond donors (Lipinski definition) is 7. The molecule has 2 fully saturated rings. The summed E-state index contributed by atoms with van der Waals surface area (Å²) in [7, 11) is 3.09. The van der Waals surface area contributed by atoms with Crippen LogP contribution in [0.15, 0.2) is 190 Å². The molecule has 8 N–H and O–H groups in total. The number of hydrogen-bond acceptors (Lipinski definition) is 18. The number of amides is 2. The van der Waals surface area contributed by atoms with Gasteiger partial charge in [0.2, 0.25) is 12.2 Å². The van der Waals surface area contributed by atoms with E-state index in [1.54, 1.807) is 134 Å². The molecule has 7 aromatic rings. The van der Waals surface area contributed by atoms with E-state index in [4.69, 9.17) is 44.6 Å². The number of carbonyl (C=O) groups is 2. The van der Waals surface area contributed by atoms with Crippen LogP contribution in [0.3, 0.4) is 0 Å². The van der Waals surface area contributed by atoms with Crippen molar-refractivity contribution in [2.24, 2.45) is 20.7 Å². The molecule has 540 valence electrons. The minimum absolute atomic E-state index is 0.0388. The van der Waals surface area contributed by atoms with Crippen molar-refractivity contribution in [2.75, 3.05) is 73.1 Å². The van der Waals surface area contributed by atoms with Gasteiger partial charge in [0.05, 0.1) is 31.9 Å². The number of nitriles is 3. The molecule has 0 spiro atoms. The van der Waals surface area contributed by atoms with Gasteiger partial charge >= 0.3 is 30.6 Å². The maximum Gasteiger partial charge on any atom is 0.410 e. The number of amidine groups is 1. The number of nitrogens with one attached hydrogen (secondary N) is 5. The van der Waals surface area contributed by atoms with Gasteiger partial charge < -0.3 is 55.4 Å². The normalized spacial score (nSPS) is 13.7. The van der Waals surface area contributed by atoms with Crippen molar-refractivity contribution in [3.63, 3.8) is 0 Å². The number of thiophene rings is 2. The molecule has 2 aliphatic rings. The lowest BCUT2D eigenvalue weighted by atomic mass is 9.77. The highest BCUT2D eigenvalue weighted by Crippen LogP contribution is 2.39. The Balaban J connectivity index is 0.000000281. The molecule has 0 radical (unpaired) electrons. The van der Waals surface area contributed by atoms with Gasteiger partial charge in [-0.25, -0.2) is 15.3 Å². The number of likely N-dealkylation sites (tertiary alicyclic amines) is 1. The van der Waals surface area contributed by atoms with Gasteiger partial charge in [-0.15, -0.1) is 22.7 Å². The monoisotopic (exact) mass is 1450 g/mol. The molecule has 5 aromatic carbocycles. The van der Waals surface area contributed by atoms with Crippen molar-refractivity contribution in [1.29, 1.82) is 15.8 Å². The lowest BCUT2D eigenvalue weighted by Crippen LogP contribution is -2.52. The molecule has 32 heteroatoms. The Hall–Kier alpha value is -10.4. The van der Waals surface area contributed by atoms with Crippen molar-refractivity contribution >= 4 is 52.6 Å². The Kier molecular flexibility index (Phi) is 35.5. The summed E-state index contributed by atoms with van der Waals surface area (Å²) in [6.07, 6.45) is -5.37. The number of halogens is 9. The number of aliphatic hydroxyl groups is 1. The molecule has 2 saturated heterocycles. The number of aliphatic imine (C=N–C) groups is 3. The Bertz CT molecular complexity index is 3720. The summed E-state index contributed by atoms with van der Waals surface area (Å²) in [5, 5.41) is 51.8. The lowest BCUT2D eigenvalue weighted by Gasteiger charge is -2.42. The minimum atomic E-state index is -4.46. The van der Waals surface area contributed by atoms with E-state index < -0.39 is 44.2 Å². The highest BCUT2D eigenvalue weighted by Gasteiger charge is 2.40. The second kappa shape index (κ2) is 43.2. The van der Waals surface area contributed by atoms with Gasteiger partial charge in [-0.3, -0.25) is 14.9 Å². The predicted octanol–water partition coefficient (Wildman–Crippen LogP) is 12.2. The van der Waals surface area contributed by atoms with E-state index in [-0.39, 0.29) is 46.5 Å². The summed E-state index contributed by atoms with van der Waals surface area (Å²) in [5.74, 6) is 2.07. The second-order valence-corrected chi connectivity index (χ2v) is 23.5. The van der Waals surface area contributed by atoms with Crippen LogP contribution in [0, 0.1) is 34.4 Å². The summed E-state index contributed by atoms with van der Waals surface area (Å²) in [6.45, 7) is 3.20. The number of guanidine groups is 1. The third-order valence-electron chi connectivity index (χ3n) is 13.9. The second-order valence-electron chi connectivity index (χ2n) is 21.6. The van der Waals surface area contributed by atoms with Crippen LogP contribution < -0.4 is 56.0 Å². The quantitative estimate of drug-likeness (QED) is 0.0165. The van der Waals surface area contributed by atoms with E-state index in [1.165, 1.54) is 30.3 Å². The van der Waals surface area contributed by atoms with Gasteiger partial charge in [0.15, 0.2) is 12.4 Å². The Morgan fingerprint density at radius 1 is 0.584 bits per heavy atom. The smallest absolute Gasteiger partial charge is 0.410 e. The maximum absolute atomic E-state index is 12.8. The van der Waals surface area contributed by atoms with E-state index >= 15 is 0 Å². The highest BCUT2D eigenvalue weighted by atomic mass is 32.1. The van der Waals surface area contributed by atoms with Gasteiger partial charge in [0, 0.05) is 52.9 Å². The molecule has 21 nitrogen and oxygen atoms in total. The SMILES string of the molecule is CC(C)O.COc1ccccc1C(=O)NCC1(c2cccs2)CCN(C(=NCC(F)(F)F)NC#N)CC1.COc1ccccc1C(=O)NCC1(c2cccs2)CCNCC1.N#CN=C(Oc1ccccc1)Oc1ccccc1.N#CNC(=NCC(F)(F)F)Oc1ccccc1.NCC(F)(F)F. The zero-order valence-electron chi connectivity index (χ0n) is 55.2. The number of piperidine rings is 2. The number of rotatable bonds is 15. The molecule has 101 heavy (non-hydrogen) atoms. The first-order valence-corrected chi connectivity index (χ1v) is 32.5. The number of aliphatic hydroxyl groups excluding tert-OH is 1. The molecule has 0 atom stereocenters. The summed E-state index contributed by atoms with van der Waals surface area (Å²) in [5.41, 5.74) is 4.85. The molecule has 2 aromatic heterocycles. The molecular weight excluding hydrogens is 1370 g/mol. The average molecular weight is 1450 g/mol. The number of nitrogens with zero attached hydrogens (tertiary/aromatic N) is 7. The fourth-order valence-corrected chi connectivity index (χ4v) is 11.2. The van der Waals surface area contributed by atoms with Crippen molar-refractivity contribution in [1.82, 2.24) is 31.5 Å². The number of para-hydroxylation sites is 5. The first kappa shape index (κ1) is 83.0. The Labute approximate surface area is 586 Å². The molecule has 0 saturated carbocycles. The number of methoxy groups -OCH3 is 2. The molecule has 9 rings (SSSR count). The van der Waals surface area contributed by atoms with Crippen LogP contribution in [0.5, 0.6) is 28.7 Å². The molecule has 0 unspecified atom stereocenters. The van der Waals surface area contributed by atoms with E-state index in [9.17, 15) is 49.1 Å². The first-order valence-electron chi connectivity index (χ1n) is 30.7. The predicted molar refractivity (Wildman–Crippen MR) is 366 cm³/mol. The third kappa shape index (κ3) is 31.5. The molecule has 0 bridgehead atoms. The van der Waals surface area contributed by atoms with Crippen molar-refractivity contribution in [3.8, 4) is 47.3 Å². The van der Waals surface area contributed by atoms with Gasteiger partial charge in [-0.1, -0.05) is 96.0 Å². The third-order valence-corrected chi connectivity index (χ3v) is 16.1. The largest absolute Gasteiger partial charge is 0.496 e. The van der Waals surface area contributed by atoms with Gasteiger partial charge in [-0.05, 0) is 136 Å². The fraction of sp³-hybridized carbons (Fsp3) is 0.333. The summed E-state index contributed by atoms with van der Waals surface area (Å²) in [6, 6.07) is 48.1. The Morgan fingerprint density at radius 2 is 0.970 bits per heavy atom. The summed E-state index contributed by atoms with van der Waals surface area (Å²) in [4.78, 5) is 39.7. The fourth-order valence-electron chi connectivity index (χ4n) is 9.21. The number of benzene rings is 5. The standard InChI is InChI=1S/C22H24F3N5O2S.C18H22N2O2S.C14H10N2O2.C10H8F3N3O.C3H8O.C2H4F3N/c1-32-17-6-3-2-5-16(17)19(31)27-13-21(18-7-4-12-33-18)8-10-30(11-9-21)20(29-15-26)28-14-22(23,24)25;1-22-15-6-3-2-5-14(15)17(21)20-13-18(8-10-19-11-9-18)16-7-4-12-23-16;15-11-16-14(17-12-7-3-1-4-8-12)18-13-9-5-2-6-10-13;11-10(12,13)6-15-9(16-7-14)17-8-4-2-1-3-5-8;1-3(2)4;3-2(4,5)1-6/h2-7,12H,8-11,13-14H2,1H3,(H,27,31)(H,28,29);2-7,12,19H,8-11,13H2,1H3,(H,20,21);1-10H;1-5H,6H2,(H,15,16);3-4H,1-2H3;1,6H2. The molecule has 4 heterocycles. The van der Waals surface area contributed by atoms with Crippen molar-refractivity contribution in [2.45, 2.75) is 75.0 Å². The zero-order valence-corrected chi connectivity index (χ0v) is 56.9. The van der Waals surface area contributed by atoms with E-state index in [0.717, 1.165) is 30.8 Å². The van der Waals surface area contributed by atoms with E-state index in [0.29, 0.717) is 73.1 Å². The maximum atomic E-state index is 12.8. The van der Waals surface area contributed by atoms with E-state index in [2.05, 4.69) is 59.5 Å². The number of nitrogens with two attached hydrogens (primary N) is 1. The van der Waals surface area contributed by atoms with Gasteiger partial charge in [0.1, 0.15) is 41.8 Å². The van der Waals surface area contributed by atoms with Crippen LogP contribution in [0.25, 0.3) is 0 Å². The zero-order chi connectivity index (χ0) is 74.2. The van der Waals surface area contributed by atoms with Crippen LogP contribution in [0.1, 0.15) is 70.0 Å². The van der Waals surface area contributed by atoms with E-state index in [1.807, 2.05) is 77.4 Å². The van der Waals surface area contributed by atoms with Crippen molar-refractivity contribution < 1.29 is 77.9 Å². The molecule has 2 amide bonds. The summed E-state index contributed by atoms with van der Waals surface area (Å²) < 4.78 is 132. The molecule has 2 aliphatic heterocycles. The van der Waals surface area contributed by atoms with Crippen LogP contribution in [0.2, 0.25) is 0 Å². The van der Waals surface area contributed by atoms with Crippen LogP contribution in [0.4, 0.5) is 39.5 Å². The lowest BCUT2D eigenvalue weighted by molar-refractivity contribution is -0.119. The molecule has 0 aliphatic carbocycles. The van der Waals surface area contributed by atoms with Gasteiger partial charge in [0.25, 0.3) is 11.8 Å². The average Bonchev–Trinajstić information content (AvgIpc) is 1.79. The number of alkyl halides is 9. The van der Waals surface area contributed by atoms with Gasteiger partial charge in [-0.2, -0.15) is 55.3 Å². The first-order chi connectivity index (χ1) is 48.2. The number of ether oxygens (including phenoxy) is 5.